The van der Waals surface area contributed by atoms with Gasteiger partial charge in [-0.25, -0.2) is 0 Å². The maximum atomic E-state index is 12.2. The zero-order chi connectivity index (χ0) is 14.6. The largest absolute Gasteiger partial charge is 0.573 e. The summed E-state index contributed by atoms with van der Waals surface area (Å²) in [6, 6.07) is 5.50. The molecule has 0 aromatic heterocycles. The molecule has 110 valence electrons. The minimum Gasteiger partial charge on any atom is -0.405 e. The highest BCUT2D eigenvalue weighted by Gasteiger charge is 2.32. The summed E-state index contributed by atoms with van der Waals surface area (Å²) in [6.07, 6.45) is -3.08. The van der Waals surface area contributed by atoms with Crippen LogP contribution < -0.4 is 15.4 Å². The molecule has 1 heterocycles. The number of hydrogen-bond donors (Lipinski definition) is 2. The fourth-order valence-corrected chi connectivity index (χ4v) is 2.09. The number of carbonyl (C=O) groups excluding carboxylic acids is 1. The minimum atomic E-state index is -4.74. The van der Waals surface area contributed by atoms with Gasteiger partial charge in [-0.3, -0.25) is 4.79 Å². The summed E-state index contributed by atoms with van der Waals surface area (Å²) < 4.78 is 40.7. The van der Waals surface area contributed by atoms with E-state index in [1.807, 2.05) is 0 Å². The van der Waals surface area contributed by atoms with Crippen LogP contribution in [0.5, 0.6) is 5.75 Å². The highest BCUT2D eigenvalue weighted by Crippen LogP contribution is 2.26. The van der Waals surface area contributed by atoms with Crippen molar-refractivity contribution >= 4 is 5.91 Å². The first kappa shape index (κ1) is 14.6. The van der Waals surface area contributed by atoms with Gasteiger partial charge in [-0.05, 0) is 25.5 Å². The van der Waals surface area contributed by atoms with Crippen LogP contribution in [0.1, 0.15) is 18.4 Å². The van der Waals surface area contributed by atoms with Crippen LogP contribution in [0.3, 0.4) is 0 Å². The lowest BCUT2D eigenvalue weighted by Crippen LogP contribution is -2.40. The molecule has 2 rings (SSSR count). The molecule has 1 fully saturated rings. The van der Waals surface area contributed by atoms with Gasteiger partial charge in [0.1, 0.15) is 5.75 Å². The van der Waals surface area contributed by atoms with Crippen molar-refractivity contribution in [1.29, 1.82) is 0 Å². The van der Waals surface area contributed by atoms with Crippen LogP contribution in [-0.2, 0) is 11.3 Å². The van der Waals surface area contributed by atoms with Gasteiger partial charge in [0.15, 0.2) is 0 Å². The van der Waals surface area contributed by atoms with Gasteiger partial charge in [-0.15, -0.1) is 13.2 Å². The van der Waals surface area contributed by atoms with E-state index in [-0.39, 0.29) is 29.8 Å². The van der Waals surface area contributed by atoms with Gasteiger partial charge in [0.05, 0.1) is 6.04 Å². The van der Waals surface area contributed by atoms with Crippen molar-refractivity contribution in [3.05, 3.63) is 29.8 Å². The molecule has 0 radical (unpaired) electrons. The average Bonchev–Trinajstić information content (AvgIpc) is 2.89. The second kappa shape index (κ2) is 6.13. The quantitative estimate of drug-likeness (QED) is 0.890. The fourth-order valence-electron chi connectivity index (χ4n) is 2.09. The van der Waals surface area contributed by atoms with Crippen LogP contribution in [0.2, 0.25) is 0 Å². The number of nitrogens with one attached hydrogen (secondary N) is 2. The standard InChI is InChI=1S/C13H15F3N2O2/c14-13(15,16)20-11-6-2-1-4-9(11)8-18-12(19)10-5-3-7-17-10/h1-2,4,6,10,17H,3,5,7-8H2,(H,18,19)/t10-/m1/s1. The van der Waals surface area contributed by atoms with E-state index in [9.17, 15) is 18.0 Å². The first-order valence-electron chi connectivity index (χ1n) is 6.30. The Balaban J connectivity index is 1.96. The maximum Gasteiger partial charge on any atom is 0.573 e. The number of rotatable bonds is 4. The molecule has 0 aliphatic carbocycles. The van der Waals surface area contributed by atoms with E-state index in [1.54, 1.807) is 6.07 Å². The Hall–Kier alpha value is -1.76. The smallest absolute Gasteiger partial charge is 0.405 e. The van der Waals surface area contributed by atoms with Gasteiger partial charge in [-0.1, -0.05) is 18.2 Å². The predicted octanol–water partition coefficient (Wildman–Crippen LogP) is 1.95. The van der Waals surface area contributed by atoms with E-state index in [0.29, 0.717) is 0 Å². The number of amides is 1. The molecule has 1 saturated heterocycles. The highest BCUT2D eigenvalue weighted by molar-refractivity contribution is 5.82. The van der Waals surface area contributed by atoms with Crippen LogP contribution in [0.25, 0.3) is 0 Å². The summed E-state index contributed by atoms with van der Waals surface area (Å²) >= 11 is 0. The van der Waals surface area contributed by atoms with Crippen LogP contribution >= 0.6 is 0 Å². The summed E-state index contributed by atoms with van der Waals surface area (Å²) in [5.41, 5.74) is 0.288. The van der Waals surface area contributed by atoms with Gasteiger partial charge in [0.2, 0.25) is 5.91 Å². The number of halogens is 3. The van der Waals surface area contributed by atoms with Crippen LogP contribution in [-0.4, -0.2) is 24.9 Å². The Morgan fingerprint density at radius 2 is 2.15 bits per heavy atom. The molecule has 1 aromatic rings. The molecule has 1 aromatic carbocycles. The number of carbonyl (C=O) groups is 1. The Bertz CT molecular complexity index is 471. The number of para-hydroxylation sites is 1. The third-order valence-corrected chi connectivity index (χ3v) is 3.03. The SMILES string of the molecule is O=C(NCc1ccccc1OC(F)(F)F)[C@H]1CCCN1. The van der Waals surface area contributed by atoms with Gasteiger partial charge >= 0.3 is 6.36 Å². The van der Waals surface area contributed by atoms with Gasteiger partial charge in [0, 0.05) is 12.1 Å². The first-order valence-corrected chi connectivity index (χ1v) is 6.30. The molecular formula is C13H15F3N2O2. The summed E-state index contributed by atoms with van der Waals surface area (Å²) in [5.74, 6) is -0.496. The molecule has 1 aliphatic rings. The summed E-state index contributed by atoms with van der Waals surface area (Å²) in [7, 11) is 0. The molecular weight excluding hydrogens is 273 g/mol. The molecule has 0 unspecified atom stereocenters. The second-order valence-electron chi connectivity index (χ2n) is 4.52. The summed E-state index contributed by atoms with van der Waals surface area (Å²) in [5, 5.41) is 5.64. The lowest BCUT2D eigenvalue weighted by atomic mass is 10.2. The van der Waals surface area contributed by atoms with Gasteiger partial charge in [-0.2, -0.15) is 0 Å². The van der Waals surface area contributed by atoms with E-state index in [1.165, 1.54) is 18.2 Å². The van der Waals surface area contributed by atoms with Crippen LogP contribution in [0, 0.1) is 0 Å². The summed E-state index contributed by atoms with van der Waals surface area (Å²) in [4.78, 5) is 11.8. The molecule has 20 heavy (non-hydrogen) atoms. The molecule has 1 aliphatic heterocycles. The average molecular weight is 288 g/mol. The molecule has 1 atom stereocenters. The number of alkyl halides is 3. The lowest BCUT2D eigenvalue weighted by Gasteiger charge is -2.15. The predicted molar refractivity (Wildman–Crippen MR) is 66.0 cm³/mol. The Morgan fingerprint density at radius 3 is 2.80 bits per heavy atom. The van der Waals surface area contributed by atoms with E-state index >= 15 is 0 Å². The zero-order valence-electron chi connectivity index (χ0n) is 10.7. The van der Waals surface area contributed by atoms with E-state index in [2.05, 4.69) is 15.4 Å². The third-order valence-electron chi connectivity index (χ3n) is 3.03. The Labute approximate surface area is 114 Å². The molecule has 0 bridgehead atoms. The van der Waals surface area contributed by atoms with Crippen molar-refractivity contribution < 1.29 is 22.7 Å². The van der Waals surface area contributed by atoms with Crippen molar-refractivity contribution in [2.24, 2.45) is 0 Å². The maximum absolute atomic E-state index is 12.2. The zero-order valence-corrected chi connectivity index (χ0v) is 10.7. The first-order chi connectivity index (χ1) is 9.46. The highest BCUT2D eigenvalue weighted by atomic mass is 19.4. The van der Waals surface area contributed by atoms with E-state index in [0.717, 1.165) is 19.4 Å². The van der Waals surface area contributed by atoms with Gasteiger partial charge in [0.25, 0.3) is 0 Å². The Kier molecular flexibility index (Phi) is 4.49. The number of ether oxygens (including phenoxy) is 1. The van der Waals surface area contributed by atoms with Crippen molar-refractivity contribution in [1.82, 2.24) is 10.6 Å². The molecule has 0 spiro atoms. The van der Waals surface area contributed by atoms with E-state index < -0.39 is 6.36 Å². The van der Waals surface area contributed by atoms with Crippen LogP contribution in [0.4, 0.5) is 13.2 Å². The lowest BCUT2D eigenvalue weighted by molar-refractivity contribution is -0.274. The summed E-state index contributed by atoms with van der Waals surface area (Å²) in [6.45, 7) is 0.787. The minimum absolute atomic E-state index is 0.00324. The van der Waals surface area contributed by atoms with Crippen molar-refractivity contribution in [2.75, 3.05) is 6.54 Å². The molecule has 0 saturated carbocycles. The van der Waals surface area contributed by atoms with Crippen LogP contribution in [0.15, 0.2) is 24.3 Å². The van der Waals surface area contributed by atoms with E-state index in [4.69, 9.17) is 0 Å². The third kappa shape index (κ3) is 4.12. The number of benzene rings is 1. The Morgan fingerprint density at radius 1 is 1.40 bits per heavy atom. The molecule has 7 heteroatoms. The van der Waals surface area contributed by atoms with Crippen molar-refractivity contribution in [3.63, 3.8) is 0 Å². The molecule has 2 N–H and O–H groups in total. The fraction of sp³-hybridized carbons (Fsp3) is 0.462. The monoisotopic (exact) mass is 288 g/mol. The van der Waals surface area contributed by atoms with Gasteiger partial charge < -0.3 is 15.4 Å². The van der Waals surface area contributed by atoms with Crippen molar-refractivity contribution in [3.8, 4) is 5.75 Å². The number of hydrogen-bond acceptors (Lipinski definition) is 3. The topological polar surface area (TPSA) is 50.4 Å². The van der Waals surface area contributed by atoms with Crippen molar-refractivity contribution in [2.45, 2.75) is 31.8 Å². The molecule has 1 amide bonds. The molecule has 4 nitrogen and oxygen atoms in total. The normalized spacial score (nSPS) is 18.9. The second-order valence-corrected chi connectivity index (χ2v) is 4.52.